The Bertz CT molecular complexity index is 1200. The fourth-order valence-electron chi connectivity index (χ4n) is 3.14. The molecule has 1 aliphatic rings. The molecule has 3 rings (SSSR count). The van der Waals surface area contributed by atoms with Gasteiger partial charge in [0.1, 0.15) is 4.90 Å². The van der Waals surface area contributed by atoms with Gasteiger partial charge >= 0.3 is 5.76 Å². The van der Waals surface area contributed by atoms with Crippen LogP contribution in [0.15, 0.2) is 52.3 Å². The molecule has 2 aromatic rings. The number of sulfonamides is 1. The summed E-state index contributed by atoms with van der Waals surface area (Å²) in [5, 5.41) is 2.35. The third-order valence-electron chi connectivity index (χ3n) is 4.78. The van der Waals surface area contributed by atoms with Gasteiger partial charge in [-0.25, -0.2) is 16.8 Å². The molecule has 0 atom stereocenters. The molecule has 0 unspecified atom stereocenters. The third-order valence-corrected chi connectivity index (χ3v) is 8.54. The Hall–Kier alpha value is -2.08. The lowest BCUT2D eigenvalue weighted by Crippen LogP contribution is -2.35. The van der Waals surface area contributed by atoms with Crippen LogP contribution in [0.4, 0.5) is 14.5 Å². The summed E-state index contributed by atoms with van der Waals surface area (Å²) >= 11 is 6.09. The molecule has 0 aromatic heterocycles. The van der Waals surface area contributed by atoms with Gasteiger partial charge in [0.2, 0.25) is 19.9 Å². The predicted octanol–water partition coefficient (Wildman–Crippen LogP) is 3.76. The fourth-order valence-corrected chi connectivity index (χ4v) is 5.93. The molecule has 31 heavy (non-hydrogen) atoms. The normalized spacial score (nSPS) is 15.7. The number of carbonyl (C=O) groups excluding carboxylic acids is 1. The van der Waals surface area contributed by atoms with Crippen molar-refractivity contribution in [3.8, 4) is 0 Å². The highest BCUT2D eigenvalue weighted by Crippen LogP contribution is 2.28. The smallest absolute Gasteiger partial charge is 0.322 e. The molecule has 168 valence electrons. The number of anilines is 1. The highest BCUT2D eigenvalue weighted by atomic mass is 35.5. The second-order valence-corrected chi connectivity index (χ2v) is 11.1. The molecule has 1 fully saturated rings. The lowest BCUT2D eigenvalue weighted by atomic mass is 10.2. The van der Waals surface area contributed by atoms with Crippen molar-refractivity contribution in [2.24, 2.45) is 0 Å². The maximum absolute atomic E-state index is 12.9. The molecule has 1 aliphatic heterocycles. The number of rotatable bonds is 6. The molecule has 7 nitrogen and oxygen atoms in total. The van der Waals surface area contributed by atoms with Crippen molar-refractivity contribution in [2.45, 2.75) is 34.8 Å². The van der Waals surface area contributed by atoms with Gasteiger partial charge in [0.25, 0.3) is 5.91 Å². The minimum Gasteiger partial charge on any atom is -0.322 e. The average molecular weight is 493 g/mol. The summed E-state index contributed by atoms with van der Waals surface area (Å²) < 4.78 is 76.0. The van der Waals surface area contributed by atoms with E-state index in [0.717, 1.165) is 37.5 Å². The minimum atomic E-state index is -4.83. The van der Waals surface area contributed by atoms with E-state index in [2.05, 4.69) is 5.32 Å². The number of piperidine rings is 1. The maximum atomic E-state index is 12.9. The molecular formula is C19H19ClF2N2O5S2. The zero-order chi connectivity index (χ0) is 22.8. The molecule has 0 spiro atoms. The molecule has 1 amide bonds. The number of benzene rings is 2. The van der Waals surface area contributed by atoms with Crippen LogP contribution in [-0.2, 0) is 19.9 Å². The largest absolute Gasteiger partial charge is 0.341 e. The van der Waals surface area contributed by atoms with E-state index in [4.69, 9.17) is 11.6 Å². The number of nitrogens with one attached hydrogen (secondary N) is 1. The predicted molar refractivity (Wildman–Crippen MR) is 112 cm³/mol. The molecule has 1 heterocycles. The first-order chi connectivity index (χ1) is 14.5. The Kier molecular flexibility index (Phi) is 6.99. The number of hydrogen-bond acceptors (Lipinski definition) is 5. The van der Waals surface area contributed by atoms with Crippen molar-refractivity contribution < 1.29 is 30.4 Å². The summed E-state index contributed by atoms with van der Waals surface area (Å²) in [5.74, 6) is -4.35. The standard InChI is InChI=1S/C19H19ClF2N2O5S2/c20-16-8-7-13(11-17(16)31(28,29)24-9-2-1-3-10-24)18(25)23-14-5-4-6-15(12-14)30(26,27)19(21)22/h4-8,11-12,19H,1-3,9-10H2,(H,23,25). The van der Waals surface area contributed by atoms with Crippen LogP contribution in [0.1, 0.15) is 29.6 Å². The van der Waals surface area contributed by atoms with Crippen LogP contribution in [0.5, 0.6) is 0 Å². The molecule has 1 saturated heterocycles. The van der Waals surface area contributed by atoms with E-state index in [0.29, 0.717) is 13.1 Å². The summed E-state index contributed by atoms with van der Waals surface area (Å²) in [4.78, 5) is 11.8. The van der Waals surface area contributed by atoms with E-state index < -0.39 is 36.4 Å². The highest BCUT2D eigenvalue weighted by Gasteiger charge is 2.29. The second kappa shape index (κ2) is 9.19. The van der Waals surface area contributed by atoms with Crippen LogP contribution in [0.25, 0.3) is 0 Å². The van der Waals surface area contributed by atoms with E-state index in [1.807, 2.05) is 0 Å². The van der Waals surface area contributed by atoms with Crippen LogP contribution in [0, 0.1) is 0 Å². The monoisotopic (exact) mass is 492 g/mol. The lowest BCUT2D eigenvalue weighted by molar-refractivity contribution is 0.102. The first kappa shape index (κ1) is 23.6. The van der Waals surface area contributed by atoms with Gasteiger partial charge in [-0.05, 0) is 49.2 Å². The Morgan fingerprint density at radius 2 is 1.68 bits per heavy atom. The summed E-state index contributed by atoms with van der Waals surface area (Å²) in [6.45, 7) is 0.723. The SMILES string of the molecule is O=C(Nc1cccc(S(=O)(=O)C(F)F)c1)c1ccc(Cl)c(S(=O)(=O)N2CCCCC2)c1. The zero-order valence-electron chi connectivity index (χ0n) is 16.1. The van der Waals surface area contributed by atoms with Gasteiger partial charge in [-0.1, -0.05) is 24.1 Å². The van der Waals surface area contributed by atoms with Crippen molar-refractivity contribution in [3.05, 3.63) is 53.1 Å². The number of nitrogens with zero attached hydrogens (tertiary/aromatic N) is 1. The molecule has 2 aromatic carbocycles. The van der Waals surface area contributed by atoms with E-state index in [-0.39, 0.29) is 21.2 Å². The van der Waals surface area contributed by atoms with E-state index in [1.54, 1.807) is 0 Å². The number of hydrogen-bond donors (Lipinski definition) is 1. The van der Waals surface area contributed by atoms with Crippen LogP contribution < -0.4 is 5.32 Å². The first-order valence-corrected chi connectivity index (χ1v) is 12.6. The molecule has 12 heteroatoms. The van der Waals surface area contributed by atoms with E-state index in [9.17, 15) is 30.4 Å². The summed E-state index contributed by atoms with van der Waals surface area (Å²) in [6.07, 6.45) is 2.40. The van der Waals surface area contributed by atoms with E-state index in [1.165, 1.54) is 28.6 Å². The molecule has 0 bridgehead atoms. The van der Waals surface area contributed by atoms with Gasteiger partial charge in [-0.3, -0.25) is 4.79 Å². The minimum absolute atomic E-state index is 0.0350. The Balaban J connectivity index is 1.88. The first-order valence-electron chi connectivity index (χ1n) is 9.26. The summed E-state index contributed by atoms with van der Waals surface area (Å²) in [5.41, 5.74) is -0.0794. The Labute approximate surface area is 184 Å². The maximum Gasteiger partial charge on any atom is 0.341 e. The van der Waals surface area contributed by atoms with Crippen molar-refractivity contribution >= 4 is 43.1 Å². The van der Waals surface area contributed by atoms with Crippen molar-refractivity contribution in [1.82, 2.24) is 4.31 Å². The topological polar surface area (TPSA) is 101 Å². The molecule has 1 N–H and O–H groups in total. The van der Waals surface area contributed by atoms with Crippen molar-refractivity contribution in [1.29, 1.82) is 0 Å². The highest BCUT2D eigenvalue weighted by molar-refractivity contribution is 7.91. The summed E-state index contributed by atoms with van der Waals surface area (Å²) in [6, 6.07) is 8.16. The molecule has 0 aliphatic carbocycles. The van der Waals surface area contributed by atoms with Crippen LogP contribution in [0.3, 0.4) is 0 Å². The van der Waals surface area contributed by atoms with Crippen LogP contribution >= 0.6 is 11.6 Å². The Morgan fingerprint density at radius 1 is 1.00 bits per heavy atom. The van der Waals surface area contributed by atoms with Crippen molar-refractivity contribution in [3.63, 3.8) is 0 Å². The van der Waals surface area contributed by atoms with Gasteiger partial charge in [0.05, 0.1) is 9.92 Å². The quantitative estimate of drug-likeness (QED) is 0.661. The number of alkyl halides is 2. The third kappa shape index (κ3) is 5.05. The lowest BCUT2D eigenvalue weighted by Gasteiger charge is -2.26. The number of amides is 1. The molecule has 0 saturated carbocycles. The molecular weight excluding hydrogens is 474 g/mol. The van der Waals surface area contributed by atoms with Gasteiger partial charge in [-0.2, -0.15) is 13.1 Å². The average Bonchev–Trinajstić information content (AvgIpc) is 2.74. The summed E-state index contributed by atoms with van der Waals surface area (Å²) in [7, 11) is -8.73. The number of carbonyl (C=O) groups is 1. The van der Waals surface area contributed by atoms with Crippen molar-refractivity contribution in [2.75, 3.05) is 18.4 Å². The van der Waals surface area contributed by atoms with Gasteiger partial charge in [0.15, 0.2) is 0 Å². The molecule has 0 radical (unpaired) electrons. The second-order valence-electron chi connectivity index (χ2n) is 6.90. The van der Waals surface area contributed by atoms with E-state index >= 15 is 0 Å². The van der Waals surface area contributed by atoms with Crippen LogP contribution in [-0.4, -0.2) is 45.9 Å². The number of sulfone groups is 1. The Morgan fingerprint density at radius 3 is 2.32 bits per heavy atom. The van der Waals surface area contributed by atoms with Gasteiger partial charge in [-0.15, -0.1) is 0 Å². The fraction of sp³-hybridized carbons (Fsp3) is 0.316. The van der Waals surface area contributed by atoms with Gasteiger partial charge < -0.3 is 5.32 Å². The zero-order valence-corrected chi connectivity index (χ0v) is 18.5. The number of halogens is 3. The van der Waals surface area contributed by atoms with Gasteiger partial charge in [0, 0.05) is 24.3 Å². The van der Waals surface area contributed by atoms with Crippen LogP contribution in [0.2, 0.25) is 5.02 Å².